The van der Waals surface area contributed by atoms with Crippen LogP contribution in [0.25, 0.3) is 0 Å². The molecular formula is C13H9Cl2NO2S. The van der Waals surface area contributed by atoms with Crippen LogP contribution in [0.3, 0.4) is 0 Å². The third kappa shape index (κ3) is 3.86. The normalized spacial score (nSPS) is 10.4. The van der Waals surface area contributed by atoms with E-state index in [1.807, 2.05) is 0 Å². The number of aromatic carboxylic acids is 1. The highest BCUT2D eigenvalue weighted by atomic mass is 35.5. The predicted molar refractivity (Wildman–Crippen MR) is 77.2 cm³/mol. The number of carboxylic acid groups (broad SMARTS) is 1. The first kappa shape index (κ1) is 14.2. The van der Waals surface area contributed by atoms with Crippen molar-refractivity contribution in [3.63, 3.8) is 0 Å². The second-order valence-corrected chi connectivity index (χ2v) is 5.59. The van der Waals surface area contributed by atoms with Gasteiger partial charge in [-0.15, -0.1) is 11.8 Å². The third-order valence-electron chi connectivity index (χ3n) is 2.33. The molecule has 1 heterocycles. The standard InChI is InChI=1S/C13H9Cl2NO2S/c14-8-3-4-16-9(5-8)7-19-10-1-2-12(15)11(6-10)13(17)18/h1-6H,7H2,(H,17,18). The van der Waals surface area contributed by atoms with E-state index in [0.717, 1.165) is 10.6 Å². The molecule has 2 rings (SSSR count). The van der Waals surface area contributed by atoms with Crippen LogP contribution in [0.2, 0.25) is 10.0 Å². The highest BCUT2D eigenvalue weighted by Crippen LogP contribution is 2.27. The Kier molecular flexibility index (Phi) is 4.69. The summed E-state index contributed by atoms with van der Waals surface area (Å²) in [5.41, 5.74) is 0.940. The van der Waals surface area contributed by atoms with Gasteiger partial charge in [-0.2, -0.15) is 0 Å². The Bertz CT molecular complexity index is 619. The van der Waals surface area contributed by atoms with Crippen molar-refractivity contribution in [3.8, 4) is 0 Å². The molecule has 1 aromatic carbocycles. The maximum atomic E-state index is 11.0. The minimum Gasteiger partial charge on any atom is -0.478 e. The van der Waals surface area contributed by atoms with E-state index in [1.165, 1.54) is 11.8 Å². The number of benzene rings is 1. The molecule has 0 radical (unpaired) electrons. The maximum absolute atomic E-state index is 11.0. The lowest BCUT2D eigenvalue weighted by Crippen LogP contribution is -1.97. The van der Waals surface area contributed by atoms with Crippen LogP contribution in [0.1, 0.15) is 16.1 Å². The van der Waals surface area contributed by atoms with Crippen LogP contribution >= 0.6 is 35.0 Å². The Morgan fingerprint density at radius 3 is 2.74 bits per heavy atom. The fourth-order valence-corrected chi connectivity index (χ4v) is 2.66. The molecule has 0 atom stereocenters. The molecule has 0 unspecified atom stereocenters. The Hall–Kier alpha value is -1.23. The summed E-state index contributed by atoms with van der Waals surface area (Å²) in [4.78, 5) is 16.0. The monoisotopic (exact) mass is 313 g/mol. The van der Waals surface area contributed by atoms with E-state index in [4.69, 9.17) is 28.3 Å². The number of hydrogen-bond donors (Lipinski definition) is 1. The molecule has 1 N–H and O–H groups in total. The van der Waals surface area contributed by atoms with Gasteiger partial charge in [0.15, 0.2) is 0 Å². The summed E-state index contributed by atoms with van der Waals surface area (Å²) >= 11 is 13.2. The molecular weight excluding hydrogens is 305 g/mol. The fourth-order valence-electron chi connectivity index (χ4n) is 1.44. The van der Waals surface area contributed by atoms with Crippen molar-refractivity contribution in [2.24, 2.45) is 0 Å². The van der Waals surface area contributed by atoms with Gasteiger partial charge in [-0.05, 0) is 30.3 Å². The fraction of sp³-hybridized carbons (Fsp3) is 0.0769. The molecule has 0 saturated heterocycles. The quantitative estimate of drug-likeness (QED) is 0.851. The smallest absolute Gasteiger partial charge is 0.337 e. The molecule has 98 valence electrons. The minimum absolute atomic E-state index is 0.103. The Labute approximate surface area is 124 Å². The van der Waals surface area contributed by atoms with Gasteiger partial charge in [0.05, 0.1) is 16.3 Å². The number of rotatable bonds is 4. The van der Waals surface area contributed by atoms with Gasteiger partial charge >= 0.3 is 5.97 Å². The van der Waals surface area contributed by atoms with Gasteiger partial charge in [0.1, 0.15) is 0 Å². The second kappa shape index (κ2) is 6.28. The van der Waals surface area contributed by atoms with Crippen LogP contribution in [-0.4, -0.2) is 16.1 Å². The summed E-state index contributed by atoms with van der Waals surface area (Å²) in [6.45, 7) is 0. The molecule has 1 aromatic heterocycles. The summed E-state index contributed by atoms with van der Waals surface area (Å²) in [5, 5.41) is 9.85. The lowest BCUT2D eigenvalue weighted by atomic mass is 10.2. The number of aromatic nitrogens is 1. The lowest BCUT2D eigenvalue weighted by Gasteiger charge is -2.04. The topological polar surface area (TPSA) is 50.2 Å². The van der Waals surface area contributed by atoms with Gasteiger partial charge in [-0.25, -0.2) is 4.79 Å². The van der Waals surface area contributed by atoms with Crippen molar-refractivity contribution in [2.75, 3.05) is 0 Å². The summed E-state index contributed by atoms with van der Waals surface area (Å²) in [6, 6.07) is 8.41. The first-order chi connectivity index (χ1) is 9.06. The molecule has 0 saturated carbocycles. The van der Waals surface area contributed by atoms with E-state index in [9.17, 15) is 4.79 Å². The SMILES string of the molecule is O=C(O)c1cc(SCc2cc(Cl)ccn2)ccc1Cl. The first-order valence-electron chi connectivity index (χ1n) is 5.32. The first-order valence-corrected chi connectivity index (χ1v) is 7.06. The van der Waals surface area contributed by atoms with Crippen LogP contribution < -0.4 is 0 Å². The molecule has 0 fully saturated rings. The Morgan fingerprint density at radius 2 is 2.05 bits per heavy atom. The number of halogens is 2. The molecule has 0 amide bonds. The van der Waals surface area contributed by atoms with Crippen LogP contribution in [0.15, 0.2) is 41.4 Å². The number of carbonyl (C=O) groups is 1. The zero-order valence-corrected chi connectivity index (χ0v) is 12.0. The van der Waals surface area contributed by atoms with E-state index in [0.29, 0.717) is 10.8 Å². The molecule has 0 aliphatic carbocycles. The van der Waals surface area contributed by atoms with Gasteiger partial charge in [0.25, 0.3) is 0 Å². The van der Waals surface area contributed by atoms with Crippen molar-refractivity contribution in [1.29, 1.82) is 0 Å². The number of nitrogens with zero attached hydrogens (tertiary/aromatic N) is 1. The van der Waals surface area contributed by atoms with Gasteiger partial charge in [-0.1, -0.05) is 23.2 Å². The van der Waals surface area contributed by atoms with Gasteiger partial charge < -0.3 is 5.11 Å². The highest BCUT2D eigenvalue weighted by molar-refractivity contribution is 7.98. The average molecular weight is 314 g/mol. The van der Waals surface area contributed by atoms with Crippen LogP contribution in [0.4, 0.5) is 0 Å². The zero-order valence-electron chi connectivity index (χ0n) is 9.64. The Morgan fingerprint density at radius 1 is 1.26 bits per heavy atom. The molecule has 19 heavy (non-hydrogen) atoms. The third-order valence-corrected chi connectivity index (χ3v) is 3.93. The maximum Gasteiger partial charge on any atom is 0.337 e. The van der Waals surface area contributed by atoms with E-state index < -0.39 is 5.97 Å². The van der Waals surface area contributed by atoms with E-state index >= 15 is 0 Å². The van der Waals surface area contributed by atoms with E-state index in [-0.39, 0.29) is 10.6 Å². The summed E-state index contributed by atoms with van der Waals surface area (Å²) in [6.07, 6.45) is 1.64. The van der Waals surface area contributed by atoms with Gasteiger partial charge in [0.2, 0.25) is 0 Å². The van der Waals surface area contributed by atoms with E-state index in [2.05, 4.69) is 4.98 Å². The van der Waals surface area contributed by atoms with Crippen LogP contribution in [0, 0.1) is 0 Å². The van der Waals surface area contributed by atoms with Crippen molar-refractivity contribution in [3.05, 3.63) is 57.8 Å². The molecule has 0 aliphatic rings. The van der Waals surface area contributed by atoms with Crippen molar-refractivity contribution in [1.82, 2.24) is 4.98 Å². The largest absolute Gasteiger partial charge is 0.478 e. The van der Waals surface area contributed by atoms with Crippen molar-refractivity contribution < 1.29 is 9.90 Å². The highest BCUT2D eigenvalue weighted by Gasteiger charge is 2.09. The van der Waals surface area contributed by atoms with Gasteiger partial charge in [-0.3, -0.25) is 4.98 Å². The second-order valence-electron chi connectivity index (χ2n) is 3.70. The van der Waals surface area contributed by atoms with Crippen LogP contribution in [-0.2, 0) is 5.75 Å². The summed E-state index contributed by atoms with van der Waals surface area (Å²) in [7, 11) is 0. The average Bonchev–Trinajstić information content (AvgIpc) is 2.37. The van der Waals surface area contributed by atoms with Gasteiger partial charge in [0, 0.05) is 21.9 Å². The van der Waals surface area contributed by atoms with Crippen LogP contribution in [0.5, 0.6) is 0 Å². The van der Waals surface area contributed by atoms with Crippen molar-refractivity contribution in [2.45, 2.75) is 10.6 Å². The Balaban J connectivity index is 2.12. The molecule has 6 heteroatoms. The lowest BCUT2D eigenvalue weighted by molar-refractivity contribution is 0.0697. The summed E-state index contributed by atoms with van der Waals surface area (Å²) in [5.74, 6) is -0.422. The molecule has 0 spiro atoms. The van der Waals surface area contributed by atoms with Crippen molar-refractivity contribution >= 4 is 40.9 Å². The number of carboxylic acids is 1. The molecule has 0 bridgehead atoms. The molecule has 0 aliphatic heterocycles. The number of hydrogen-bond acceptors (Lipinski definition) is 3. The zero-order chi connectivity index (χ0) is 13.8. The minimum atomic E-state index is -1.03. The molecule has 3 nitrogen and oxygen atoms in total. The number of pyridine rings is 1. The number of thioether (sulfide) groups is 1. The van der Waals surface area contributed by atoms with E-state index in [1.54, 1.807) is 36.5 Å². The molecule has 2 aromatic rings. The summed E-state index contributed by atoms with van der Waals surface area (Å²) < 4.78 is 0. The predicted octanol–water partition coefficient (Wildman–Crippen LogP) is 4.38.